The molecule has 5 heteroatoms. The third kappa shape index (κ3) is 6.68. The molecule has 0 amide bonds. The Morgan fingerprint density at radius 3 is 1.61 bits per heavy atom. The van der Waals surface area contributed by atoms with E-state index in [2.05, 4.69) is 79.1 Å². The zero-order valence-corrected chi connectivity index (χ0v) is 24.7. The van der Waals surface area contributed by atoms with Crippen LogP contribution in [-0.2, 0) is 6.54 Å². The van der Waals surface area contributed by atoms with Crippen LogP contribution in [-0.4, -0.2) is 31.1 Å². The number of hydrogen-bond acceptors (Lipinski definition) is 4. The molecule has 5 nitrogen and oxygen atoms in total. The molecule has 0 aliphatic heterocycles. The van der Waals surface area contributed by atoms with Crippen LogP contribution in [0.1, 0.15) is 50.7 Å². The summed E-state index contributed by atoms with van der Waals surface area (Å²) in [4.78, 5) is 0. The predicted octanol–water partition coefficient (Wildman–Crippen LogP) is 8.95. The van der Waals surface area contributed by atoms with Crippen LogP contribution in [0, 0.1) is 5.92 Å². The summed E-state index contributed by atoms with van der Waals surface area (Å²) in [7, 11) is 3.96. The SMILES string of the molecule is CCCCC(CC)Cn1c2ccc(C=NN(C)c3ccccc3)cc2c2cc(C=NN(C)c3ccccc3)ccc21. The molecular formula is C36H41N5. The van der Waals surface area contributed by atoms with Crippen molar-refractivity contribution < 1.29 is 0 Å². The van der Waals surface area contributed by atoms with E-state index in [1.54, 1.807) is 0 Å². The van der Waals surface area contributed by atoms with Gasteiger partial charge in [0.05, 0.1) is 23.8 Å². The van der Waals surface area contributed by atoms with Crippen molar-refractivity contribution in [3.05, 3.63) is 108 Å². The number of hydrogen-bond donors (Lipinski definition) is 0. The lowest BCUT2D eigenvalue weighted by Gasteiger charge is -2.17. The minimum Gasteiger partial charge on any atom is -0.340 e. The maximum absolute atomic E-state index is 4.72. The molecule has 1 heterocycles. The summed E-state index contributed by atoms with van der Waals surface area (Å²) in [6, 6.07) is 33.9. The summed E-state index contributed by atoms with van der Waals surface area (Å²) in [6.45, 7) is 5.64. The fourth-order valence-electron chi connectivity index (χ4n) is 5.40. The lowest BCUT2D eigenvalue weighted by Crippen LogP contribution is -2.10. The lowest BCUT2D eigenvalue weighted by atomic mass is 9.99. The first-order valence-electron chi connectivity index (χ1n) is 14.8. The average molecular weight is 544 g/mol. The van der Waals surface area contributed by atoms with Gasteiger partial charge in [-0.25, -0.2) is 0 Å². The Bertz CT molecular complexity index is 1510. The number of unbranched alkanes of at least 4 members (excludes halogenated alkanes) is 1. The number of rotatable bonds is 12. The van der Waals surface area contributed by atoms with Crippen LogP contribution >= 0.6 is 0 Å². The molecule has 0 fully saturated rings. The van der Waals surface area contributed by atoms with Crippen molar-refractivity contribution in [2.24, 2.45) is 16.1 Å². The first kappa shape index (κ1) is 28.2. The van der Waals surface area contributed by atoms with Gasteiger partial charge in [-0.1, -0.05) is 81.6 Å². The predicted molar refractivity (Wildman–Crippen MR) is 178 cm³/mol. The van der Waals surface area contributed by atoms with Gasteiger partial charge in [-0.15, -0.1) is 0 Å². The van der Waals surface area contributed by atoms with E-state index in [4.69, 9.17) is 10.2 Å². The standard InChI is InChI=1S/C36H41N5/c1-5-7-14-28(6-2)27-41-35-21-19-29(25-37-39(3)31-15-10-8-11-16-31)23-33(35)34-24-30(20-22-36(34)41)26-38-40(4)32-17-12-9-13-18-32/h8-13,15-26,28H,5-7,14,27H2,1-4H3. The highest BCUT2D eigenvalue weighted by Gasteiger charge is 2.15. The molecule has 5 aromatic rings. The van der Waals surface area contributed by atoms with E-state index in [0.29, 0.717) is 5.92 Å². The molecule has 4 aromatic carbocycles. The molecule has 1 atom stereocenters. The van der Waals surface area contributed by atoms with Crippen molar-refractivity contribution in [3.8, 4) is 0 Å². The van der Waals surface area contributed by atoms with Crippen molar-refractivity contribution in [1.29, 1.82) is 0 Å². The van der Waals surface area contributed by atoms with Gasteiger partial charge in [-0.2, -0.15) is 10.2 Å². The summed E-state index contributed by atoms with van der Waals surface area (Å²) in [5, 5.41) is 15.8. The Kier molecular flexibility index (Phi) is 9.15. The first-order valence-corrected chi connectivity index (χ1v) is 14.8. The molecule has 0 radical (unpaired) electrons. The van der Waals surface area contributed by atoms with Crippen molar-refractivity contribution in [1.82, 2.24) is 4.57 Å². The molecule has 0 N–H and O–H groups in total. The molecule has 1 unspecified atom stereocenters. The Labute approximate surface area is 244 Å². The minimum atomic E-state index is 0.662. The number of para-hydroxylation sites is 2. The molecule has 0 bridgehead atoms. The van der Waals surface area contributed by atoms with Crippen LogP contribution in [0.2, 0.25) is 0 Å². The van der Waals surface area contributed by atoms with E-state index in [9.17, 15) is 0 Å². The molecule has 5 rings (SSSR count). The third-order valence-electron chi connectivity index (χ3n) is 7.92. The van der Waals surface area contributed by atoms with Gasteiger partial charge >= 0.3 is 0 Å². The fraction of sp³-hybridized carbons (Fsp3) is 0.278. The van der Waals surface area contributed by atoms with E-state index < -0.39 is 0 Å². The Hall–Kier alpha value is -4.38. The van der Waals surface area contributed by atoms with Gasteiger partial charge in [0.25, 0.3) is 0 Å². The molecule has 0 saturated heterocycles. The molecule has 210 valence electrons. The lowest BCUT2D eigenvalue weighted by molar-refractivity contribution is 0.401. The number of anilines is 2. The monoisotopic (exact) mass is 543 g/mol. The van der Waals surface area contributed by atoms with E-state index >= 15 is 0 Å². The summed E-state index contributed by atoms with van der Waals surface area (Å²) < 4.78 is 2.53. The zero-order chi connectivity index (χ0) is 28.6. The number of aromatic nitrogens is 1. The summed E-state index contributed by atoms with van der Waals surface area (Å²) in [6.07, 6.45) is 8.87. The highest BCUT2D eigenvalue weighted by atomic mass is 15.4. The maximum Gasteiger partial charge on any atom is 0.0590 e. The number of fused-ring (bicyclic) bond motifs is 3. The van der Waals surface area contributed by atoms with Crippen LogP contribution < -0.4 is 10.0 Å². The summed E-state index contributed by atoms with van der Waals surface area (Å²) in [5.74, 6) is 0.662. The van der Waals surface area contributed by atoms with Gasteiger partial charge in [0, 0.05) is 42.4 Å². The van der Waals surface area contributed by atoms with E-state index in [0.717, 1.165) is 29.0 Å². The molecule has 0 aliphatic carbocycles. The Morgan fingerprint density at radius 2 is 1.17 bits per heavy atom. The molecular weight excluding hydrogens is 502 g/mol. The highest BCUT2D eigenvalue weighted by molar-refractivity contribution is 6.11. The van der Waals surface area contributed by atoms with Crippen LogP contribution in [0.3, 0.4) is 0 Å². The number of hydrazone groups is 2. The maximum atomic E-state index is 4.72. The Balaban J connectivity index is 1.52. The van der Waals surface area contributed by atoms with Crippen LogP contribution in [0.25, 0.3) is 21.8 Å². The second-order valence-electron chi connectivity index (χ2n) is 10.8. The smallest absolute Gasteiger partial charge is 0.0590 e. The van der Waals surface area contributed by atoms with Crippen molar-refractivity contribution >= 4 is 45.6 Å². The zero-order valence-electron chi connectivity index (χ0n) is 24.7. The van der Waals surface area contributed by atoms with Crippen LogP contribution in [0.15, 0.2) is 107 Å². The second kappa shape index (κ2) is 13.3. The topological polar surface area (TPSA) is 36.1 Å². The minimum absolute atomic E-state index is 0.662. The Morgan fingerprint density at radius 1 is 0.683 bits per heavy atom. The largest absolute Gasteiger partial charge is 0.340 e. The quantitative estimate of drug-likeness (QED) is 0.116. The molecule has 1 aromatic heterocycles. The summed E-state index contributed by atoms with van der Waals surface area (Å²) in [5.41, 5.74) is 6.84. The van der Waals surface area contributed by atoms with Gasteiger partial charge < -0.3 is 4.57 Å². The average Bonchev–Trinajstić information content (AvgIpc) is 3.33. The second-order valence-corrected chi connectivity index (χ2v) is 10.8. The van der Waals surface area contributed by atoms with Crippen molar-refractivity contribution in [2.75, 3.05) is 24.1 Å². The molecule has 0 spiro atoms. The van der Waals surface area contributed by atoms with Crippen molar-refractivity contribution in [2.45, 2.75) is 46.1 Å². The van der Waals surface area contributed by atoms with Crippen LogP contribution in [0.4, 0.5) is 11.4 Å². The first-order chi connectivity index (χ1) is 20.1. The fourth-order valence-corrected chi connectivity index (χ4v) is 5.40. The van der Waals surface area contributed by atoms with Crippen LogP contribution in [0.5, 0.6) is 0 Å². The molecule has 0 saturated carbocycles. The van der Waals surface area contributed by atoms with Crippen molar-refractivity contribution in [3.63, 3.8) is 0 Å². The molecule has 0 aliphatic rings. The third-order valence-corrected chi connectivity index (χ3v) is 7.92. The number of benzene rings is 4. The van der Waals surface area contributed by atoms with E-state index in [1.807, 2.05) is 72.9 Å². The molecule has 41 heavy (non-hydrogen) atoms. The van der Waals surface area contributed by atoms with Gasteiger partial charge in [-0.3, -0.25) is 10.0 Å². The van der Waals surface area contributed by atoms with Gasteiger partial charge in [-0.05, 0) is 72.0 Å². The highest BCUT2D eigenvalue weighted by Crippen LogP contribution is 2.32. The van der Waals surface area contributed by atoms with Gasteiger partial charge in [0.1, 0.15) is 0 Å². The summed E-state index contributed by atoms with van der Waals surface area (Å²) >= 11 is 0. The van der Waals surface area contributed by atoms with E-state index in [1.165, 1.54) is 47.5 Å². The van der Waals surface area contributed by atoms with E-state index in [-0.39, 0.29) is 0 Å². The number of nitrogens with zero attached hydrogens (tertiary/aromatic N) is 5. The van der Waals surface area contributed by atoms with Gasteiger partial charge in [0.2, 0.25) is 0 Å². The normalized spacial score (nSPS) is 12.6. The van der Waals surface area contributed by atoms with Gasteiger partial charge in [0.15, 0.2) is 0 Å².